The zero-order chi connectivity index (χ0) is 22.5. The summed E-state index contributed by atoms with van der Waals surface area (Å²) >= 11 is 6.10. The standard InChI is InChI=1S/C25H28ClN3O3/c1-17-23(28-25(32-17)19-5-3-7-21(26)13-19)16-29-12-4-6-20(15-29)24(30)27-14-18-8-10-22(31-2)11-9-18/h3,5,7-11,13,20H,4,6,12,14-16H2,1-2H3,(H,27,30). The summed E-state index contributed by atoms with van der Waals surface area (Å²) in [5.41, 5.74) is 2.82. The molecule has 0 saturated carbocycles. The molecule has 1 aromatic heterocycles. The van der Waals surface area contributed by atoms with Crippen molar-refractivity contribution in [3.8, 4) is 17.2 Å². The summed E-state index contributed by atoms with van der Waals surface area (Å²) in [6, 6.07) is 15.2. The van der Waals surface area contributed by atoms with E-state index in [0.29, 0.717) is 30.5 Å². The Morgan fingerprint density at radius 1 is 1.28 bits per heavy atom. The number of halogens is 1. The number of aromatic nitrogens is 1. The van der Waals surface area contributed by atoms with Crippen LogP contribution in [0.2, 0.25) is 5.02 Å². The number of ether oxygens (including phenoxy) is 1. The van der Waals surface area contributed by atoms with Gasteiger partial charge in [0.2, 0.25) is 11.8 Å². The lowest BCUT2D eigenvalue weighted by atomic mass is 9.97. The summed E-state index contributed by atoms with van der Waals surface area (Å²) in [5, 5.41) is 3.73. The van der Waals surface area contributed by atoms with Crippen LogP contribution in [0.4, 0.5) is 0 Å². The lowest BCUT2D eigenvalue weighted by Crippen LogP contribution is -2.42. The van der Waals surface area contributed by atoms with E-state index in [9.17, 15) is 4.79 Å². The van der Waals surface area contributed by atoms with Gasteiger partial charge in [-0.2, -0.15) is 0 Å². The second-order valence-corrected chi connectivity index (χ2v) is 8.61. The molecule has 1 aliphatic rings. The Morgan fingerprint density at radius 3 is 2.84 bits per heavy atom. The maximum atomic E-state index is 12.8. The molecular weight excluding hydrogens is 426 g/mol. The minimum Gasteiger partial charge on any atom is -0.497 e. The maximum Gasteiger partial charge on any atom is 0.226 e. The number of likely N-dealkylation sites (tertiary alicyclic amines) is 1. The third-order valence-electron chi connectivity index (χ3n) is 5.84. The van der Waals surface area contributed by atoms with E-state index in [1.807, 2.05) is 55.5 Å². The summed E-state index contributed by atoms with van der Waals surface area (Å²) in [5.74, 6) is 2.25. The maximum absolute atomic E-state index is 12.8. The van der Waals surface area contributed by atoms with Crippen LogP contribution in [-0.2, 0) is 17.9 Å². The molecule has 6 nitrogen and oxygen atoms in total. The fourth-order valence-electron chi connectivity index (χ4n) is 4.02. The van der Waals surface area contributed by atoms with Crippen LogP contribution in [-0.4, -0.2) is 36.0 Å². The van der Waals surface area contributed by atoms with Gasteiger partial charge in [0, 0.05) is 30.2 Å². The first kappa shape index (κ1) is 22.4. The van der Waals surface area contributed by atoms with Gasteiger partial charge in [-0.1, -0.05) is 29.8 Å². The van der Waals surface area contributed by atoms with Crippen LogP contribution in [0.5, 0.6) is 5.75 Å². The molecule has 1 fully saturated rings. The summed E-state index contributed by atoms with van der Waals surface area (Å²) in [6.07, 6.45) is 1.88. The van der Waals surface area contributed by atoms with E-state index < -0.39 is 0 Å². The van der Waals surface area contributed by atoms with Gasteiger partial charge < -0.3 is 14.5 Å². The molecule has 1 amide bonds. The number of hydrogen-bond acceptors (Lipinski definition) is 5. The lowest BCUT2D eigenvalue weighted by molar-refractivity contribution is -0.127. The largest absolute Gasteiger partial charge is 0.497 e. The van der Waals surface area contributed by atoms with Gasteiger partial charge in [-0.05, 0) is 62.2 Å². The zero-order valence-electron chi connectivity index (χ0n) is 18.4. The molecule has 0 bridgehead atoms. The van der Waals surface area contributed by atoms with Crippen molar-refractivity contribution >= 4 is 17.5 Å². The number of piperidine rings is 1. The number of amides is 1. The number of methoxy groups -OCH3 is 1. The zero-order valence-corrected chi connectivity index (χ0v) is 19.2. The van der Waals surface area contributed by atoms with Gasteiger partial charge in [-0.3, -0.25) is 9.69 Å². The molecule has 168 valence electrons. The third-order valence-corrected chi connectivity index (χ3v) is 6.07. The molecule has 0 radical (unpaired) electrons. The first-order valence-corrected chi connectivity index (χ1v) is 11.2. The summed E-state index contributed by atoms with van der Waals surface area (Å²) in [7, 11) is 1.64. The molecule has 1 aliphatic heterocycles. The van der Waals surface area contributed by atoms with Crippen LogP contribution in [0.3, 0.4) is 0 Å². The van der Waals surface area contributed by atoms with Crippen LogP contribution >= 0.6 is 11.6 Å². The fourth-order valence-corrected chi connectivity index (χ4v) is 4.21. The second kappa shape index (κ2) is 10.2. The summed E-state index contributed by atoms with van der Waals surface area (Å²) in [6.45, 7) is 4.77. The summed E-state index contributed by atoms with van der Waals surface area (Å²) in [4.78, 5) is 19.8. The van der Waals surface area contributed by atoms with Crippen LogP contribution in [0.1, 0.15) is 29.9 Å². The SMILES string of the molecule is COc1ccc(CNC(=O)C2CCCN(Cc3nc(-c4cccc(Cl)c4)oc3C)C2)cc1. The van der Waals surface area contributed by atoms with Crippen molar-refractivity contribution in [1.29, 1.82) is 0 Å². The smallest absolute Gasteiger partial charge is 0.226 e. The molecule has 0 spiro atoms. The lowest BCUT2D eigenvalue weighted by Gasteiger charge is -2.31. The number of hydrogen-bond donors (Lipinski definition) is 1. The van der Waals surface area contributed by atoms with Crippen LogP contribution in [0, 0.1) is 12.8 Å². The normalized spacial score (nSPS) is 16.7. The molecule has 4 rings (SSSR count). The summed E-state index contributed by atoms with van der Waals surface area (Å²) < 4.78 is 11.1. The highest BCUT2D eigenvalue weighted by Gasteiger charge is 2.27. The molecule has 2 heterocycles. The molecule has 0 aliphatic carbocycles. The van der Waals surface area contributed by atoms with Gasteiger partial charge in [-0.15, -0.1) is 0 Å². The minimum atomic E-state index is -0.0263. The molecule has 1 saturated heterocycles. The second-order valence-electron chi connectivity index (χ2n) is 8.17. The van der Waals surface area contributed by atoms with Gasteiger partial charge in [0.05, 0.1) is 18.7 Å². The molecule has 1 N–H and O–H groups in total. The van der Waals surface area contributed by atoms with Gasteiger partial charge in [-0.25, -0.2) is 4.98 Å². The number of oxazole rings is 1. The average Bonchev–Trinajstić information content (AvgIpc) is 3.18. The predicted octanol–water partition coefficient (Wildman–Crippen LogP) is 4.84. The molecule has 2 aromatic carbocycles. The van der Waals surface area contributed by atoms with E-state index in [1.165, 1.54) is 0 Å². The van der Waals surface area contributed by atoms with Crippen LogP contribution < -0.4 is 10.1 Å². The third kappa shape index (κ3) is 5.50. The highest BCUT2D eigenvalue weighted by molar-refractivity contribution is 6.30. The highest BCUT2D eigenvalue weighted by Crippen LogP contribution is 2.26. The van der Waals surface area contributed by atoms with E-state index in [0.717, 1.165) is 47.7 Å². The molecule has 3 aromatic rings. The van der Waals surface area contributed by atoms with Crippen molar-refractivity contribution in [3.63, 3.8) is 0 Å². The van der Waals surface area contributed by atoms with E-state index in [4.69, 9.17) is 25.7 Å². The Bertz CT molecular complexity index is 1060. The Kier molecular flexibility index (Phi) is 7.12. The monoisotopic (exact) mass is 453 g/mol. The van der Waals surface area contributed by atoms with Crippen molar-refractivity contribution in [3.05, 3.63) is 70.6 Å². The van der Waals surface area contributed by atoms with Gasteiger partial charge in [0.1, 0.15) is 11.5 Å². The predicted molar refractivity (Wildman–Crippen MR) is 125 cm³/mol. The number of nitrogens with one attached hydrogen (secondary N) is 1. The molecular formula is C25H28ClN3O3. The van der Waals surface area contributed by atoms with Crippen molar-refractivity contribution in [2.24, 2.45) is 5.92 Å². The van der Waals surface area contributed by atoms with Gasteiger partial charge in [0.15, 0.2) is 0 Å². The number of nitrogens with zero attached hydrogens (tertiary/aromatic N) is 2. The number of benzene rings is 2. The highest BCUT2D eigenvalue weighted by atomic mass is 35.5. The number of carbonyl (C=O) groups excluding carboxylic acids is 1. The molecule has 32 heavy (non-hydrogen) atoms. The van der Waals surface area contributed by atoms with E-state index in [2.05, 4.69) is 10.2 Å². The molecule has 1 unspecified atom stereocenters. The number of rotatable bonds is 7. The fraction of sp³-hybridized carbons (Fsp3) is 0.360. The van der Waals surface area contributed by atoms with E-state index in [-0.39, 0.29) is 11.8 Å². The van der Waals surface area contributed by atoms with Gasteiger partial charge >= 0.3 is 0 Å². The average molecular weight is 454 g/mol. The van der Waals surface area contributed by atoms with E-state index in [1.54, 1.807) is 7.11 Å². The Morgan fingerprint density at radius 2 is 2.09 bits per heavy atom. The Balaban J connectivity index is 1.34. The number of carbonyl (C=O) groups is 1. The quantitative estimate of drug-likeness (QED) is 0.554. The molecule has 1 atom stereocenters. The van der Waals surface area contributed by atoms with Crippen molar-refractivity contribution in [2.75, 3.05) is 20.2 Å². The Hall–Kier alpha value is -2.83. The topological polar surface area (TPSA) is 67.6 Å². The van der Waals surface area contributed by atoms with Gasteiger partial charge in [0.25, 0.3) is 0 Å². The van der Waals surface area contributed by atoms with Crippen molar-refractivity contribution in [1.82, 2.24) is 15.2 Å². The van der Waals surface area contributed by atoms with Crippen LogP contribution in [0.25, 0.3) is 11.5 Å². The van der Waals surface area contributed by atoms with Crippen molar-refractivity contribution < 1.29 is 13.9 Å². The van der Waals surface area contributed by atoms with Crippen LogP contribution in [0.15, 0.2) is 52.9 Å². The minimum absolute atomic E-state index is 0.0263. The number of aryl methyl sites for hydroxylation is 1. The Labute approximate surface area is 193 Å². The first-order chi connectivity index (χ1) is 15.5. The van der Waals surface area contributed by atoms with E-state index >= 15 is 0 Å². The molecule has 7 heteroatoms. The van der Waals surface area contributed by atoms with Crippen molar-refractivity contribution in [2.45, 2.75) is 32.9 Å². The first-order valence-electron chi connectivity index (χ1n) is 10.9.